The highest BCUT2D eigenvalue weighted by molar-refractivity contribution is 5.79. The number of aromatic nitrogens is 2. The first-order chi connectivity index (χ1) is 14.7. The number of rotatable bonds is 4. The highest BCUT2D eigenvalue weighted by Crippen LogP contribution is 2.39. The van der Waals surface area contributed by atoms with Gasteiger partial charge in [-0.2, -0.15) is 4.98 Å². The van der Waals surface area contributed by atoms with Gasteiger partial charge in [-0.1, -0.05) is 48.3 Å². The lowest BCUT2D eigenvalue weighted by Gasteiger charge is -2.46. The van der Waals surface area contributed by atoms with Crippen LogP contribution in [0.15, 0.2) is 34.9 Å². The quantitative estimate of drug-likeness (QED) is 0.755. The summed E-state index contributed by atoms with van der Waals surface area (Å²) in [5, 5.41) is 4.16. The Hall–Kier alpha value is -2.21. The molecule has 1 aliphatic carbocycles. The van der Waals surface area contributed by atoms with E-state index in [9.17, 15) is 4.79 Å². The van der Waals surface area contributed by atoms with Crippen LogP contribution in [-0.2, 0) is 16.0 Å². The van der Waals surface area contributed by atoms with Gasteiger partial charge in [0.15, 0.2) is 0 Å². The maximum atomic E-state index is 12.8. The number of hydrogen-bond acceptors (Lipinski definition) is 5. The van der Waals surface area contributed by atoms with E-state index in [1.807, 2.05) is 30.3 Å². The first kappa shape index (κ1) is 19.7. The summed E-state index contributed by atoms with van der Waals surface area (Å²) in [6.07, 6.45) is 9.30. The molecule has 160 valence electrons. The third-order valence-electron chi connectivity index (χ3n) is 7.25. The number of hydrogen-bond donors (Lipinski definition) is 0. The molecule has 1 atom stereocenters. The third kappa shape index (κ3) is 4.15. The van der Waals surface area contributed by atoms with Crippen molar-refractivity contribution in [3.05, 3.63) is 36.2 Å². The van der Waals surface area contributed by atoms with Gasteiger partial charge in [0.25, 0.3) is 0 Å². The molecule has 3 heterocycles. The van der Waals surface area contributed by atoms with E-state index in [0.29, 0.717) is 23.5 Å². The predicted octanol–water partition coefficient (Wildman–Crippen LogP) is 4.26. The first-order valence-corrected chi connectivity index (χ1v) is 11.5. The molecule has 3 aliphatic rings. The van der Waals surface area contributed by atoms with Crippen molar-refractivity contribution in [2.45, 2.75) is 63.4 Å². The zero-order chi connectivity index (χ0) is 20.4. The lowest BCUT2D eigenvalue weighted by atomic mass is 9.78. The van der Waals surface area contributed by atoms with Gasteiger partial charge in [-0.3, -0.25) is 4.79 Å². The molecule has 0 radical (unpaired) electrons. The molecule has 30 heavy (non-hydrogen) atoms. The monoisotopic (exact) mass is 409 g/mol. The van der Waals surface area contributed by atoms with Crippen LogP contribution in [0, 0.1) is 11.8 Å². The second-order valence-corrected chi connectivity index (χ2v) is 9.28. The van der Waals surface area contributed by atoms with Crippen LogP contribution in [0.25, 0.3) is 11.4 Å². The fourth-order valence-electron chi connectivity index (χ4n) is 5.51. The van der Waals surface area contributed by atoms with E-state index in [0.717, 1.165) is 70.2 Å². The second kappa shape index (κ2) is 8.50. The number of likely N-dealkylation sites (tertiary alicyclic amines) is 1. The molecule has 3 fully saturated rings. The van der Waals surface area contributed by atoms with Crippen molar-refractivity contribution in [1.29, 1.82) is 0 Å². The average Bonchev–Trinajstić information content (AvgIpc) is 3.47. The number of carbonyl (C=O) groups excluding carboxylic acids is 1. The van der Waals surface area contributed by atoms with Gasteiger partial charge in [-0.15, -0.1) is 0 Å². The average molecular weight is 410 g/mol. The Labute approximate surface area is 178 Å². The summed E-state index contributed by atoms with van der Waals surface area (Å²) in [5.74, 6) is 2.51. The van der Waals surface area contributed by atoms with Gasteiger partial charge in [0, 0.05) is 37.6 Å². The van der Waals surface area contributed by atoms with Crippen molar-refractivity contribution < 1.29 is 14.1 Å². The van der Waals surface area contributed by atoms with Gasteiger partial charge in [-0.25, -0.2) is 0 Å². The lowest BCUT2D eigenvalue weighted by Crippen LogP contribution is -2.51. The van der Waals surface area contributed by atoms with Gasteiger partial charge in [0.2, 0.25) is 17.6 Å². The SMILES string of the molecule is O=C(C1CCCC1)N1CCC2(CC1)CC(Cc1nc(-c3ccccc3)no1)CCO2. The molecule has 0 N–H and O–H groups in total. The number of ether oxygens (including phenoxy) is 1. The Kier molecular flexibility index (Phi) is 5.59. The van der Waals surface area contributed by atoms with E-state index in [-0.39, 0.29) is 11.5 Å². The Morgan fingerprint density at radius 3 is 2.63 bits per heavy atom. The summed E-state index contributed by atoms with van der Waals surface area (Å²) in [4.78, 5) is 19.5. The van der Waals surface area contributed by atoms with Crippen LogP contribution in [0.1, 0.15) is 57.3 Å². The summed E-state index contributed by atoms with van der Waals surface area (Å²) in [5.41, 5.74) is 0.896. The van der Waals surface area contributed by atoms with Gasteiger partial charge < -0.3 is 14.2 Å². The van der Waals surface area contributed by atoms with Gasteiger partial charge in [0.1, 0.15) is 0 Å². The van der Waals surface area contributed by atoms with E-state index in [1.165, 1.54) is 12.8 Å². The number of nitrogens with zero attached hydrogens (tertiary/aromatic N) is 3. The minimum absolute atomic E-state index is 0.0857. The molecule has 6 heteroatoms. The Balaban J connectivity index is 1.18. The minimum atomic E-state index is -0.0857. The normalized spacial score (nSPS) is 24.4. The van der Waals surface area contributed by atoms with Crippen molar-refractivity contribution in [2.75, 3.05) is 19.7 Å². The fraction of sp³-hybridized carbons (Fsp3) is 0.625. The topological polar surface area (TPSA) is 68.5 Å². The van der Waals surface area contributed by atoms with Crippen molar-refractivity contribution in [1.82, 2.24) is 15.0 Å². The maximum absolute atomic E-state index is 12.8. The van der Waals surface area contributed by atoms with Crippen LogP contribution >= 0.6 is 0 Å². The van der Waals surface area contributed by atoms with Crippen molar-refractivity contribution in [2.24, 2.45) is 11.8 Å². The summed E-state index contributed by atoms with van der Waals surface area (Å²) in [6.45, 7) is 2.45. The number of amides is 1. The van der Waals surface area contributed by atoms with E-state index >= 15 is 0 Å². The molecular weight excluding hydrogens is 378 g/mol. The maximum Gasteiger partial charge on any atom is 0.227 e. The van der Waals surface area contributed by atoms with Crippen molar-refractivity contribution in [3.8, 4) is 11.4 Å². The fourth-order valence-corrected chi connectivity index (χ4v) is 5.51. The Morgan fingerprint density at radius 1 is 1.10 bits per heavy atom. The van der Waals surface area contributed by atoms with Gasteiger partial charge >= 0.3 is 0 Å². The third-order valence-corrected chi connectivity index (χ3v) is 7.25. The van der Waals surface area contributed by atoms with E-state index in [2.05, 4.69) is 15.0 Å². The molecule has 1 aromatic heterocycles. The smallest absolute Gasteiger partial charge is 0.227 e. The van der Waals surface area contributed by atoms with E-state index in [1.54, 1.807) is 0 Å². The Morgan fingerprint density at radius 2 is 1.87 bits per heavy atom. The molecule has 2 saturated heterocycles. The number of benzene rings is 1. The number of piperidine rings is 1. The molecular formula is C24H31N3O3. The largest absolute Gasteiger partial charge is 0.375 e. The highest BCUT2D eigenvalue weighted by atomic mass is 16.5. The van der Waals surface area contributed by atoms with Crippen LogP contribution in [-0.4, -0.2) is 46.2 Å². The minimum Gasteiger partial charge on any atom is -0.375 e. The predicted molar refractivity (Wildman–Crippen MR) is 113 cm³/mol. The molecule has 5 rings (SSSR count). The molecule has 2 aromatic rings. The zero-order valence-corrected chi connectivity index (χ0v) is 17.6. The standard InChI is InChI=1S/C24H31N3O3/c28-23(20-8-4-5-9-20)27-13-11-24(12-14-27)17-18(10-15-29-24)16-21-25-22(26-30-21)19-6-2-1-3-7-19/h1-3,6-7,18,20H,4-5,8-17H2. The Bertz CT molecular complexity index is 852. The first-order valence-electron chi connectivity index (χ1n) is 11.5. The highest BCUT2D eigenvalue weighted by Gasteiger charge is 2.42. The molecule has 1 amide bonds. The van der Waals surface area contributed by atoms with Crippen molar-refractivity contribution in [3.63, 3.8) is 0 Å². The van der Waals surface area contributed by atoms with Gasteiger partial charge in [0.05, 0.1) is 5.60 Å². The van der Waals surface area contributed by atoms with Crippen LogP contribution in [0.4, 0.5) is 0 Å². The summed E-state index contributed by atoms with van der Waals surface area (Å²) in [7, 11) is 0. The molecule has 1 spiro atoms. The van der Waals surface area contributed by atoms with Crippen molar-refractivity contribution >= 4 is 5.91 Å². The molecule has 0 bridgehead atoms. The van der Waals surface area contributed by atoms with E-state index < -0.39 is 0 Å². The summed E-state index contributed by atoms with van der Waals surface area (Å²) in [6, 6.07) is 9.95. The molecule has 2 aliphatic heterocycles. The van der Waals surface area contributed by atoms with Crippen LogP contribution in [0.3, 0.4) is 0 Å². The summed E-state index contributed by atoms with van der Waals surface area (Å²) >= 11 is 0. The van der Waals surface area contributed by atoms with Crippen LogP contribution in [0.5, 0.6) is 0 Å². The molecule has 6 nitrogen and oxygen atoms in total. The summed E-state index contributed by atoms with van der Waals surface area (Å²) < 4.78 is 11.8. The number of carbonyl (C=O) groups is 1. The second-order valence-electron chi connectivity index (χ2n) is 9.28. The molecule has 1 saturated carbocycles. The van der Waals surface area contributed by atoms with E-state index in [4.69, 9.17) is 9.26 Å². The lowest BCUT2D eigenvalue weighted by molar-refractivity contribution is -0.150. The van der Waals surface area contributed by atoms with Crippen LogP contribution in [0.2, 0.25) is 0 Å². The zero-order valence-electron chi connectivity index (χ0n) is 17.6. The van der Waals surface area contributed by atoms with Crippen LogP contribution < -0.4 is 0 Å². The molecule has 1 unspecified atom stereocenters. The molecule has 1 aromatic carbocycles. The van der Waals surface area contributed by atoms with Gasteiger partial charge in [-0.05, 0) is 44.4 Å².